The molecule has 0 saturated carbocycles. The molecule has 6 nitrogen and oxygen atoms in total. The van der Waals surface area contributed by atoms with Crippen LogP contribution in [0.5, 0.6) is 0 Å². The van der Waals surface area contributed by atoms with Gasteiger partial charge in [-0.1, -0.05) is 6.92 Å². The topological polar surface area (TPSA) is 69.7 Å². The molecule has 1 saturated heterocycles. The van der Waals surface area contributed by atoms with Crippen molar-refractivity contribution in [3.63, 3.8) is 0 Å². The molecule has 1 aromatic carbocycles. The molecule has 1 aliphatic rings. The zero-order valence-electron chi connectivity index (χ0n) is 14.3. The Morgan fingerprint density at radius 2 is 1.72 bits per heavy atom. The smallest absolute Gasteiger partial charge is 0.243 e. The Bertz CT molecular complexity index is 699. The van der Waals surface area contributed by atoms with E-state index in [0.29, 0.717) is 19.2 Å². The van der Waals surface area contributed by atoms with E-state index >= 15 is 0 Å². The molecular formula is C16H23F2N3O3S. The number of carbonyl (C=O) groups is 1. The third kappa shape index (κ3) is 5.20. The molecule has 9 heteroatoms. The normalized spacial score (nSPS) is 18.1. The van der Waals surface area contributed by atoms with Crippen LogP contribution in [0.2, 0.25) is 0 Å². The molecule has 1 atom stereocenters. The van der Waals surface area contributed by atoms with Gasteiger partial charge in [-0.05, 0) is 25.5 Å². The Labute approximate surface area is 146 Å². The molecule has 0 spiro atoms. The van der Waals surface area contributed by atoms with Crippen LogP contribution >= 0.6 is 0 Å². The van der Waals surface area contributed by atoms with Crippen molar-refractivity contribution >= 4 is 15.9 Å². The van der Waals surface area contributed by atoms with E-state index in [4.69, 9.17) is 0 Å². The summed E-state index contributed by atoms with van der Waals surface area (Å²) in [5, 5.41) is 2.86. The van der Waals surface area contributed by atoms with Crippen LogP contribution in [0.25, 0.3) is 0 Å². The fraction of sp³-hybridized carbons (Fsp3) is 0.562. The van der Waals surface area contributed by atoms with Gasteiger partial charge in [0.2, 0.25) is 15.9 Å². The predicted molar refractivity (Wildman–Crippen MR) is 89.5 cm³/mol. The number of halogens is 2. The molecular weight excluding hydrogens is 352 g/mol. The molecule has 1 heterocycles. The van der Waals surface area contributed by atoms with Crippen molar-refractivity contribution in [1.29, 1.82) is 0 Å². The van der Waals surface area contributed by atoms with Crippen LogP contribution in [-0.2, 0) is 14.8 Å². The second-order valence-corrected chi connectivity index (χ2v) is 8.10. The number of piperazine rings is 1. The molecule has 0 bridgehead atoms. The number of benzene rings is 1. The molecule has 25 heavy (non-hydrogen) atoms. The van der Waals surface area contributed by atoms with Crippen molar-refractivity contribution in [3.8, 4) is 0 Å². The third-order valence-electron chi connectivity index (χ3n) is 4.19. The van der Waals surface area contributed by atoms with Gasteiger partial charge in [-0.25, -0.2) is 17.2 Å². The van der Waals surface area contributed by atoms with Crippen molar-refractivity contribution in [3.05, 3.63) is 29.8 Å². The maximum absolute atomic E-state index is 13.3. The lowest BCUT2D eigenvalue weighted by molar-refractivity contribution is -0.123. The summed E-state index contributed by atoms with van der Waals surface area (Å²) in [6.07, 6.45) is 0.835. The number of hydrogen-bond acceptors (Lipinski definition) is 4. The minimum Gasteiger partial charge on any atom is -0.353 e. The van der Waals surface area contributed by atoms with Crippen LogP contribution < -0.4 is 5.32 Å². The largest absolute Gasteiger partial charge is 0.353 e. The van der Waals surface area contributed by atoms with E-state index in [1.807, 2.05) is 18.7 Å². The first-order valence-electron chi connectivity index (χ1n) is 8.20. The lowest BCUT2D eigenvalue weighted by Gasteiger charge is -2.33. The molecule has 2 rings (SSSR count). The molecule has 1 N–H and O–H groups in total. The minimum atomic E-state index is -3.96. The predicted octanol–water partition coefficient (Wildman–Crippen LogP) is 1.19. The molecule has 0 aliphatic carbocycles. The molecule has 1 unspecified atom stereocenters. The van der Waals surface area contributed by atoms with Gasteiger partial charge in [-0.3, -0.25) is 9.69 Å². The number of amides is 1. The minimum absolute atomic E-state index is 0.0945. The summed E-state index contributed by atoms with van der Waals surface area (Å²) in [7, 11) is -3.96. The highest BCUT2D eigenvalue weighted by atomic mass is 32.2. The summed E-state index contributed by atoms with van der Waals surface area (Å²) in [5.41, 5.74) is 0. The van der Waals surface area contributed by atoms with E-state index in [1.54, 1.807) is 0 Å². The van der Waals surface area contributed by atoms with Crippen LogP contribution in [0, 0.1) is 11.6 Å². The summed E-state index contributed by atoms with van der Waals surface area (Å²) in [4.78, 5) is 13.3. The number of rotatable bonds is 6. The second kappa shape index (κ2) is 8.20. The molecule has 1 fully saturated rings. The van der Waals surface area contributed by atoms with Gasteiger partial charge in [-0.15, -0.1) is 0 Å². The van der Waals surface area contributed by atoms with Gasteiger partial charge in [0.1, 0.15) is 11.6 Å². The van der Waals surface area contributed by atoms with E-state index in [0.717, 1.165) is 18.6 Å². The number of nitrogens with zero attached hydrogens (tertiary/aromatic N) is 2. The summed E-state index contributed by atoms with van der Waals surface area (Å²) in [6, 6.07) is 2.35. The van der Waals surface area contributed by atoms with Crippen molar-refractivity contribution in [2.24, 2.45) is 0 Å². The van der Waals surface area contributed by atoms with Gasteiger partial charge in [0.15, 0.2) is 0 Å². The molecule has 0 radical (unpaired) electrons. The Morgan fingerprint density at radius 1 is 1.16 bits per heavy atom. The fourth-order valence-electron chi connectivity index (χ4n) is 2.58. The Kier molecular flexibility index (Phi) is 6.47. The number of nitrogens with one attached hydrogen (secondary N) is 1. The molecule has 140 valence electrons. The number of carbonyl (C=O) groups excluding carboxylic acids is 1. The van der Waals surface area contributed by atoms with Gasteiger partial charge in [-0.2, -0.15) is 4.31 Å². The van der Waals surface area contributed by atoms with Crippen molar-refractivity contribution < 1.29 is 22.0 Å². The van der Waals surface area contributed by atoms with Crippen LogP contribution in [0.4, 0.5) is 8.78 Å². The van der Waals surface area contributed by atoms with Crippen molar-refractivity contribution in [1.82, 2.24) is 14.5 Å². The second-order valence-electron chi connectivity index (χ2n) is 6.16. The van der Waals surface area contributed by atoms with Crippen LogP contribution in [0.3, 0.4) is 0 Å². The van der Waals surface area contributed by atoms with Crippen LogP contribution in [0.1, 0.15) is 20.3 Å². The first-order chi connectivity index (χ1) is 11.7. The number of sulfonamides is 1. The van der Waals surface area contributed by atoms with Crippen molar-refractivity contribution in [2.75, 3.05) is 32.7 Å². The maximum atomic E-state index is 13.3. The number of hydrogen-bond donors (Lipinski definition) is 1. The van der Waals surface area contributed by atoms with E-state index in [2.05, 4.69) is 5.32 Å². The summed E-state index contributed by atoms with van der Waals surface area (Å²) in [6.45, 7) is 5.18. The average Bonchev–Trinajstić information content (AvgIpc) is 2.54. The zero-order chi connectivity index (χ0) is 18.6. The molecule has 0 aromatic heterocycles. The maximum Gasteiger partial charge on any atom is 0.243 e. The Balaban J connectivity index is 1.96. The summed E-state index contributed by atoms with van der Waals surface area (Å²) >= 11 is 0. The highest BCUT2D eigenvalue weighted by Gasteiger charge is 2.29. The Morgan fingerprint density at radius 3 is 2.24 bits per heavy atom. The van der Waals surface area contributed by atoms with Gasteiger partial charge in [0.05, 0.1) is 11.4 Å². The zero-order valence-corrected chi connectivity index (χ0v) is 15.2. The SMILES string of the molecule is CCC(C)NC(=O)CN1CCN(S(=O)(=O)c2cc(F)cc(F)c2)CC1. The Hall–Kier alpha value is -1.58. The van der Waals surface area contributed by atoms with E-state index in [9.17, 15) is 22.0 Å². The quantitative estimate of drug-likeness (QED) is 0.811. The average molecular weight is 375 g/mol. The first kappa shape index (κ1) is 19.7. The first-order valence-corrected chi connectivity index (χ1v) is 9.64. The van der Waals surface area contributed by atoms with Gasteiger partial charge in [0.25, 0.3) is 0 Å². The summed E-state index contributed by atoms with van der Waals surface area (Å²) in [5.74, 6) is -1.96. The van der Waals surface area contributed by atoms with Gasteiger partial charge in [0, 0.05) is 38.3 Å². The standard InChI is InChI=1S/C16H23F2N3O3S/c1-3-12(2)19-16(22)11-20-4-6-21(7-5-20)25(23,24)15-9-13(17)8-14(18)10-15/h8-10,12H,3-7,11H2,1-2H3,(H,19,22). The van der Waals surface area contributed by atoms with E-state index in [-0.39, 0.29) is 31.6 Å². The van der Waals surface area contributed by atoms with Crippen LogP contribution in [-0.4, -0.2) is 62.3 Å². The highest BCUT2D eigenvalue weighted by molar-refractivity contribution is 7.89. The van der Waals surface area contributed by atoms with Crippen LogP contribution in [0.15, 0.2) is 23.1 Å². The monoisotopic (exact) mass is 375 g/mol. The molecule has 1 aromatic rings. The van der Waals surface area contributed by atoms with Gasteiger partial charge < -0.3 is 5.32 Å². The van der Waals surface area contributed by atoms with E-state index in [1.165, 1.54) is 4.31 Å². The van der Waals surface area contributed by atoms with E-state index < -0.39 is 26.6 Å². The molecule has 1 aliphatic heterocycles. The summed E-state index contributed by atoms with van der Waals surface area (Å²) < 4.78 is 52.8. The highest BCUT2D eigenvalue weighted by Crippen LogP contribution is 2.19. The lowest BCUT2D eigenvalue weighted by atomic mass is 10.2. The van der Waals surface area contributed by atoms with Gasteiger partial charge >= 0.3 is 0 Å². The lowest BCUT2D eigenvalue weighted by Crippen LogP contribution is -2.51. The van der Waals surface area contributed by atoms with Crippen molar-refractivity contribution in [2.45, 2.75) is 31.2 Å². The fourth-order valence-corrected chi connectivity index (χ4v) is 4.05. The third-order valence-corrected chi connectivity index (χ3v) is 6.07. The molecule has 1 amide bonds.